The van der Waals surface area contributed by atoms with E-state index in [9.17, 15) is 18.0 Å². The molecule has 0 unspecified atom stereocenters. The zero-order chi connectivity index (χ0) is 14.0. The molecule has 6 heteroatoms. The largest absolute Gasteiger partial charge is 0.478 e. The maximum Gasteiger partial charge on any atom is 0.417 e. The molecule has 0 atom stereocenters. The third-order valence-corrected chi connectivity index (χ3v) is 2.57. The van der Waals surface area contributed by atoms with Gasteiger partial charge in [-0.2, -0.15) is 13.2 Å². The van der Waals surface area contributed by atoms with Gasteiger partial charge in [-0.3, -0.25) is 4.98 Å². The van der Waals surface area contributed by atoms with Gasteiger partial charge in [-0.25, -0.2) is 4.79 Å². The average molecular weight is 267 g/mol. The number of rotatable bonds is 2. The van der Waals surface area contributed by atoms with E-state index in [1.165, 1.54) is 24.3 Å². The van der Waals surface area contributed by atoms with Crippen LogP contribution >= 0.6 is 0 Å². The van der Waals surface area contributed by atoms with Gasteiger partial charge in [0, 0.05) is 18.0 Å². The molecule has 1 aromatic carbocycles. The van der Waals surface area contributed by atoms with Gasteiger partial charge in [-0.05, 0) is 23.8 Å². The van der Waals surface area contributed by atoms with Gasteiger partial charge in [0.2, 0.25) is 0 Å². The topological polar surface area (TPSA) is 50.2 Å². The number of hydrogen-bond acceptors (Lipinski definition) is 2. The second kappa shape index (κ2) is 4.72. The molecule has 0 spiro atoms. The Morgan fingerprint density at radius 2 is 1.74 bits per heavy atom. The van der Waals surface area contributed by atoms with Crippen molar-refractivity contribution in [3.63, 3.8) is 0 Å². The summed E-state index contributed by atoms with van der Waals surface area (Å²) in [5, 5.41) is 8.74. The van der Waals surface area contributed by atoms with Gasteiger partial charge in [0.15, 0.2) is 0 Å². The Kier molecular flexibility index (Phi) is 3.25. The highest BCUT2D eigenvalue weighted by Gasteiger charge is 2.33. The quantitative estimate of drug-likeness (QED) is 0.906. The Balaban J connectivity index is 2.50. The molecule has 2 rings (SSSR count). The fourth-order valence-electron chi connectivity index (χ4n) is 1.66. The van der Waals surface area contributed by atoms with E-state index in [-0.39, 0.29) is 16.7 Å². The number of hydrogen-bond donors (Lipinski definition) is 1. The van der Waals surface area contributed by atoms with Gasteiger partial charge in [0.05, 0.1) is 11.1 Å². The fraction of sp³-hybridized carbons (Fsp3) is 0.0769. The highest BCUT2D eigenvalue weighted by atomic mass is 19.4. The van der Waals surface area contributed by atoms with Crippen LogP contribution in [0.25, 0.3) is 11.1 Å². The van der Waals surface area contributed by atoms with Crippen molar-refractivity contribution in [1.29, 1.82) is 0 Å². The lowest BCUT2D eigenvalue weighted by Crippen LogP contribution is -2.07. The van der Waals surface area contributed by atoms with Crippen LogP contribution in [0.4, 0.5) is 13.2 Å². The Morgan fingerprint density at radius 3 is 2.26 bits per heavy atom. The van der Waals surface area contributed by atoms with Gasteiger partial charge in [0.25, 0.3) is 0 Å². The molecule has 1 aromatic heterocycles. The molecule has 1 N–H and O–H groups in total. The normalized spacial score (nSPS) is 11.3. The molecule has 0 aliphatic rings. The monoisotopic (exact) mass is 267 g/mol. The van der Waals surface area contributed by atoms with Crippen molar-refractivity contribution in [2.75, 3.05) is 0 Å². The number of alkyl halides is 3. The molecular formula is C13H8F3NO2. The first-order valence-electron chi connectivity index (χ1n) is 5.24. The van der Waals surface area contributed by atoms with Gasteiger partial charge in [-0.1, -0.05) is 12.1 Å². The number of nitrogens with zero attached hydrogens (tertiary/aromatic N) is 1. The minimum absolute atomic E-state index is 0.0150. The van der Waals surface area contributed by atoms with E-state index >= 15 is 0 Å². The van der Waals surface area contributed by atoms with E-state index in [0.717, 1.165) is 18.5 Å². The van der Waals surface area contributed by atoms with Crippen molar-refractivity contribution in [2.45, 2.75) is 6.18 Å². The lowest BCUT2D eigenvalue weighted by atomic mass is 10.0. The number of benzene rings is 1. The standard InChI is InChI=1S/C13H8F3NO2/c14-13(15,16)11-5-6-17-7-10(11)8-1-3-9(4-2-8)12(18)19/h1-7H,(H,18,19). The van der Waals surface area contributed by atoms with Crippen LogP contribution in [0.15, 0.2) is 42.7 Å². The van der Waals surface area contributed by atoms with Crippen LogP contribution < -0.4 is 0 Å². The molecule has 0 saturated heterocycles. The van der Waals surface area contributed by atoms with E-state index < -0.39 is 17.7 Å². The van der Waals surface area contributed by atoms with E-state index in [1.807, 2.05) is 0 Å². The minimum Gasteiger partial charge on any atom is -0.478 e. The van der Waals surface area contributed by atoms with Crippen LogP contribution in [0.3, 0.4) is 0 Å². The van der Waals surface area contributed by atoms with E-state index in [0.29, 0.717) is 0 Å². The van der Waals surface area contributed by atoms with Crippen molar-refractivity contribution >= 4 is 5.97 Å². The number of carboxylic acid groups (broad SMARTS) is 1. The van der Waals surface area contributed by atoms with Crippen molar-refractivity contribution in [3.05, 3.63) is 53.9 Å². The molecule has 0 amide bonds. The Bertz CT molecular complexity index is 606. The SMILES string of the molecule is O=C(O)c1ccc(-c2cnccc2C(F)(F)F)cc1. The third-order valence-electron chi connectivity index (χ3n) is 2.57. The summed E-state index contributed by atoms with van der Waals surface area (Å²) in [7, 11) is 0. The summed E-state index contributed by atoms with van der Waals surface area (Å²) in [6.45, 7) is 0. The molecule has 0 fully saturated rings. The Morgan fingerprint density at radius 1 is 1.11 bits per heavy atom. The first-order valence-corrected chi connectivity index (χ1v) is 5.24. The average Bonchev–Trinajstić information content (AvgIpc) is 2.38. The van der Waals surface area contributed by atoms with Crippen molar-refractivity contribution < 1.29 is 23.1 Å². The molecule has 0 saturated carbocycles. The maximum atomic E-state index is 12.8. The molecular weight excluding hydrogens is 259 g/mol. The van der Waals surface area contributed by atoms with Crippen LogP contribution in [0.2, 0.25) is 0 Å². The summed E-state index contributed by atoms with van der Waals surface area (Å²) in [5.41, 5.74) is -0.593. The van der Waals surface area contributed by atoms with Gasteiger partial charge < -0.3 is 5.11 Å². The van der Waals surface area contributed by atoms with Gasteiger partial charge in [-0.15, -0.1) is 0 Å². The number of carbonyl (C=O) groups is 1. The predicted molar refractivity (Wildman–Crippen MR) is 61.6 cm³/mol. The first kappa shape index (κ1) is 13.1. The smallest absolute Gasteiger partial charge is 0.417 e. The highest BCUT2D eigenvalue weighted by molar-refractivity contribution is 5.88. The van der Waals surface area contributed by atoms with Crippen molar-refractivity contribution in [1.82, 2.24) is 4.98 Å². The minimum atomic E-state index is -4.48. The predicted octanol–water partition coefficient (Wildman–Crippen LogP) is 3.47. The Labute approximate surface area is 106 Å². The number of aromatic carboxylic acids is 1. The van der Waals surface area contributed by atoms with E-state index in [4.69, 9.17) is 5.11 Å². The zero-order valence-corrected chi connectivity index (χ0v) is 9.48. The number of halogens is 3. The van der Waals surface area contributed by atoms with Gasteiger partial charge >= 0.3 is 12.1 Å². The van der Waals surface area contributed by atoms with Crippen molar-refractivity contribution in [3.8, 4) is 11.1 Å². The molecule has 2 aromatic rings. The molecule has 1 heterocycles. The summed E-state index contributed by atoms with van der Waals surface area (Å²) < 4.78 is 38.5. The molecule has 98 valence electrons. The highest BCUT2D eigenvalue weighted by Crippen LogP contribution is 2.36. The van der Waals surface area contributed by atoms with Crippen LogP contribution in [0.5, 0.6) is 0 Å². The van der Waals surface area contributed by atoms with E-state index in [1.54, 1.807) is 0 Å². The van der Waals surface area contributed by atoms with Crippen LogP contribution in [-0.4, -0.2) is 16.1 Å². The van der Waals surface area contributed by atoms with Crippen molar-refractivity contribution in [2.24, 2.45) is 0 Å². The number of pyridine rings is 1. The molecule has 0 aliphatic carbocycles. The second-order valence-electron chi connectivity index (χ2n) is 3.80. The molecule has 0 radical (unpaired) electrons. The van der Waals surface area contributed by atoms with Crippen LogP contribution in [-0.2, 0) is 6.18 Å². The maximum absolute atomic E-state index is 12.8. The van der Waals surface area contributed by atoms with E-state index in [2.05, 4.69) is 4.98 Å². The second-order valence-corrected chi connectivity index (χ2v) is 3.80. The zero-order valence-electron chi connectivity index (χ0n) is 9.48. The summed E-state index contributed by atoms with van der Waals surface area (Å²) in [6, 6.07) is 6.06. The summed E-state index contributed by atoms with van der Waals surface area (Å²) in [5.74, 6) is -1.13. The fourth-order valence-corrected chi connectivity index (χ4v) is 1.66. The summed E-state index contributed by atoms with van der Waals surface area (Å²) in [6.07, 6.45) is -2.31. The first-order chi connectivity index (χ1) is 8.89. The molecule has 3 nitrogen and oxygen atoms in total. The summed E-state index contributed by atoms with van der Waals surface area (Å²) in [4.78, 5) is 14.4. The van der Waals surface area contributed by atoms with Crippen LogP contribution in [0, 0.1) is 0 Å². The Hall–Kier alpha value is -2.37. The van der Waals surface area contributed by atoms with Crippen LogP contribution in [0.1, 0.15) is 15.9 Å². The lowest BCUT2D eigenvalue weighted by molar-refractivity contribution is -0.137. The number of carboxylic acids is 1. The third kappa shape index (κ3) is 2.73. The number of aromatic nitrogens is 1. The van der Waals surface area contributed by atoms with Gasteiger partial charge in [0.1, 0.15) is 0 Å². The lowest BCUT2D eigenvalue weighted by Gasteiger charge is -2.12. The molecule has 0 aliphatic heterocycles. The molecule has 0 bridgehead atoms. The molecule has 19 heavy (non-hydrogen) atoms. The summed E-state index contributed by atoms with van der Waals surface area (Å²) >= 11 is 0.